The Kier molecular flexibility index (Phi) is 5.41. The van der Waals surface area contributed by atoms with Gasteiger partial charge in [0.15, 0.2) is 0 Å². The van der Waals surface area contributed by atoms with E-state index in [1.807, 2.05) is 29.2 Å². The van der Waals surface area contributed by atoms with Crippen molar-refractivity contribution in [3.8, 4) is 11.1 Å². The molecule has 2 fully saturated rings. The summed E-state index contributed by atoms with van der Waals surface area (Å²) in [6, 6.07) is 21.3. The zero-order valence-corrected chi connectivity index (χ0v) is 19.9. The van der Waals surface area contributed by atoms with Gasteiger partial charge in [-0.3, -0.25) is 0 Å². The maximum Gasteiger partial charge on any atom is 0.410 e. The summed E-state index contributed by atoms with van der Waals surface area (Å²) in [5.74, 6) is -0.247. The van der Waals surface area contributed by atoms with Crippen LogP contribution in [0, 0.1) is 12.7 Å². The fourth-order valence-electron chi connectivity index (χ4n) is 6.57. The standard InChI is InChI=1S/C30H30FNO3/c1-19-15-20(13-14-28(19)31)30(34)16-21-7-6-8-22(17-30)32(21)29(33)35-18-27-25-11-4-2-9-23(25)24-10-3-5-12-26(24)27/h2-5,9-15,21-22,27,34H,6-8,16-18H2,1H3. The number of hydrogen-bond donors (Lipinski definition) is 1. The second-order valence-corrected chi connectivity index (χ2v) is 10.4. The number of carbonyl (C=O) groups excluding carboxylic acids is 1. The number of fused-ring (bicyclic) bond motifs is 5. The molecule has 3 aromatic rings. The van der Waals surface area contributed by atoms with E-state index in [2.05, 4.69) is 24.3 Å². The fourth-order valence-corrected chi connectivity index (χ4v) is 6.57. The maximum atomic E-state index is 13.8. The molecule has 1 aliphatic carbocycles. The number of halogens is 1. The number of ether oxygens (including phenoxy) is 1. The van der Waals surface area contributed by atoms with Gasteiger partial charge in [0.05, 0.1) is 5.60 Å². The van der Waals surface area contributed by atoms with E-state index in [0.717, 1.165) is 24.8 Å². The summed E-state index contributed by atoms with van der Waals surface area (Å²) in [6.45, 7) is 2.01. The van der Waals surface area contributed by atoms with Crippen molar-refractivity contribution in [1.29, 1.82) is 0 Å². The molecule has 2 heterocycles. The molecule has 2 saturated heterocycles. The smallest absolute Gasteiger partial charge is 0.410 e. The molecule has 2 atom stereocenters. The summed E-state index contributed by atoms with van der Waals surface area (Å²) >= 11 is 0. The van der Waals surface area contributed by atoms with Gasteiger partial charge < -0.3 is 14.7 Å². The number of rotatable bonds is 3. The van der Waals surface area contributed by atoms with Crippen LogP contribution >= 0.6 is 0 Å². The minimum Gasteiger partial charge on any atom is -0.448 e. The number of aryl methyl sites for hydroxylation is 1. The number of hydrogen-bond acceptors (Lipinski definition) is 3. The molecule has 0 radical (unpaired) electrons. The van der Waals surface area contributed by atoms with Gasteiger partial charge in [-0.25, -0.2) is 9.18 Å². The normalized spacial score (nSPS) is 25.2. The molecule has 1 N–H and O–H groups in total. The van der Waals surface area contributed by atoms with E-state index < -0.39 is 5.60 Å². The molecule has 0 saturated carbocycles. The van der Waals surface area contributed by atoms with Gasteiger partial charge in [-0.15, -0.1) is 0 Å². The summed E-state index contributed by atoms with van der Waals surface area (Å²) in [6.07, 6.45) is 3.30. The molecule has 3 aliphatic rings. The molecule has 6 rings (SSSR count). The number of aliphatic hydroxyl groups is 1. The minimum atomic E-state index is -1.06. The number of amides is 1. The lowest BCUT2D eigenvalue weighted by atomic mass is 9.72. The van der Waals surface area contributed by atoms with Crippen molar-refractivity contribution in [3.05, 3.63) is 94.8 Å². The summed E-state index contributed by atoms with van der Waals surface area (Å²) in [4.78, 5) is 15.3. The largest absolute Gasteiger partial charge is 0.448 e. The Morgan fingerprint density at radius 3 is 2.20 bits per heavy atom. The summed E-state index contributed by atoms with van der Waals surface area (Å²) < 4.78 is 19.8. The highest BCUT2D eigenvalue weighted by molar-refractivity contribution is 5.79. The second kappa shape index (κ2) is 8.49. The molecule has 4 nitrogen and oxygen atoms in total. The Hall–Kier alpha value is -3.18. The molecule has 2 bridgehead atoms. The zero-order valence-electron chi connectivity index (χ0n) is 19.9. The third kappa shape index (κ3) is 3.73. The molecule has 0 spiro atoms. The van der Waals surface area contributed by atoms with Gasteiger partial charge >= 0.3 is 6.09 Å². The van der Waals surface area contributed by atoms with Crippen molar-refractivity contribution in [1.82, 2.24) is 4.90 Å². The lowest BCUT2D eigenvalue weighted by Gasteiger charge is -2.51. The van der Waals surface area contributed by atoms with Crippen LogP contribution in [0.25, 0.3) is 11.1 Å². The van der Waals surface area contributed by atoms with Crippen molar-refractivity contribution in [2.45, 2.75) is 62.6 Å². The first-order chi connectivity index (χ1) is 16.9. The van der Waals surface area contributed by atoms with Crippen molar-refractivity contribution in [2.24, 2.45) is 0 Å². The predicted octanol–water partition coefficient (Wildman–Crippen LogP) is 6.29. The number of carbonyl (C=O) groups is 1. The van der Waals surface area contributed by atoms with Crippen molar-refractivity contribution in [2.75, 3.05) is 6.61 Å². The molecule has 35 heavy (non-hydrogen) atoms. The molecule has 1 amide bonds. The van der Waals surface area contributed by atoms with Crippen LogP contribution in [0.5, 0.6) is 0 Å². The van der Waals surface area contributed by atoms with Crippen LogP contribution in [0.1, 0.15) is 60.3 Å². The van der Waals surface area contributed by atoms with E-state index in [-0.39, 0.29) is 29.9 Å². The monoisotopic (exact) mass is 471 g/mol. The van der Waals surface area contributed by atoms with E-state index in [1.54, 1.807) is 19.1 Å². The van der Waals surface area contributed by atoms with E-state index in [1.165, 1.54) is 28.3 Å². The number of piperidine rings is 2. The fraction of sp³-hybridized carbons (Fsp3) is 0.367. The van der Waals surface area contributed by atoms with Gasteiger partial charge in [-0.1, -0.05) is 60.7 Å². The first-order valence-corrected chi connectivity index (χ1v) is 12.6. The average Bonchev–Trinajstić information content (AvgIpc) is 3.17. The molecular formula is C30H30FNO3. The van der Waals surface area contributed by atoms with Crippen LogP contribution in [-0.2, 0) is 10.3 Å². The van der Waals surface area contributed by atoms with E-state index in [4.69, 9.17) is 4.74 Å². The van der Waals surface area contributed by atoms with Crippen LogP contribution in [0.4, 0.5) is 9.18 Å². The van der Waals surface area contributed by atoms with Crippen molar-refractivity contribution in [3.63, 3.8) is 0 Å². The first-order valence-electron chi connectivity index (χ1n) is 12.6. The summed E-state index contributed by atoms with van der Waals surface area (Å²) in [7, 11) is 0. The van der Waals surface area contributed by atoms with E-state index >= 15 is 0 Å². The first kappa shape index (κ1) is 22.3. The van der Waals surface area contributed by atoms with Gasteiger partial charge in [-0.05, 0) is 65.6 Å². The highest BCUT2D eigenvalue weighted by Gasteiger charge is 2.49. The molecular weight excluding hydrogens is 441 g/mol. The zero-order chi connectivity index (χ0) is 24.2. The Labute approximate surface area is 205 Å². The number of nitrogens with zero attached hydrogens (tertiary/aromatic N) is 1. The highest BCUT2D eigenvalue weighted by atomic mass is 19.1. The van der Waals surface area contributed by atoms with Crippen molar-refractivity contribution < 1.29 is 19.0 Å². The summed E-state index contributed by atoms with van der Waals surface area (Å²) in [5.41, 5.74) is 5.01. The van der Waals surface area contributed by atoms with Gasteiger partial charge in [0.2, 0.25) is 0 Å². The maximum absolute atomic E-state index is 13.8. The summed E-state index contributed by atoms with van der Waals surface area (Å²) in [5, 5.41) is 11.6. The van der Waals surface area contributed by atoms with Crippen LogP contribution in [-0.4, -0.2) is 34.8 Å². The molecule has 180 valence electrons. The quantitative estimate of drug-likeness (QED) is 0.489. The van der Waals surface area contributed by atoms with Gasteiger partial charge in [-0.2, -0.15) is 0 Å². The molecule has 5 heteroatoms. The SMILES string of the molecule is Cc1cc(C2(O)CC3CCCC(C2)N3C(=O)OCC2c3ccccc3-c3ccccc32)ccc1F. The Morgan fingerprint density at radius 2 is 1.60 bits per heavy atom. The Bertz CT molecular complexity index is 1230. The third-order valence-electron chi connectivity index (χ3n) is 8.25. The highest BCUT2D eigenvalue weighted by Crippen LogP contribution is 2.46. The van der Waals surface area contributed by atoms with Crippen LogP contribution in [0.2, 0.25) is 0 Å². The average molecular weight is 472 g/mol. The Balaban J connectivity index is 1.21. The third-order valence-corrected chi connectivity index (χ3v) is 8.25. The lowest BCUT2D eigenvalue weighted by molar-refractivity contribution is -0.0891. The van der Waals surface area contributed by atoms with Crippen LogP contribution in [0.3, 0.4) is 0 Å². The van der Waals surface area contributed by atoms with Gasteiger partial charge in [0.25, 0.3) is 0 Å². The topological polar surface area (TPSA) is 49.8 Å². The number of benzene rings is 3. The van der Waals surface area contributed by atoms with Crippen LogP contribution < -0.4 is 0 Å². The van der Waals surface area contributed by atoms with Gasteiger partial charge in [0.1, 0.15) is 12.4 Å². The Morgan fingerprint density at radius 1 is 1.00 bits per heavy atom. The molecule has 2 aliphatic heterocycles. The predicted molar refractivity (Wildman–Crippen MR) is 133 cm³/mol. The lowest BCUT2D eigenvalue weighted by Crippen LogP contribution is -2.59. The molecule has 3 aromatic carbocycles. The van der Waals surface area contributed by atoms with E-state index in [0.29, 0.717) is 25.0 Å². The van der Waals surface area contributed by atoms with Crippen LogP contribution in [0.15, 0.2) is 66.7 Å². The van der Waals surface area contributed by atoms with Gasteiger partial charge in [0, 0.05) is 30.8 Å². The molecule has 2 unspecified atom stereocenters. The second-order valence-electron chi connectivity index (χ2n) is 10.4. The minimum absolute atomic E-state index is 0.0232. The molecule has 0 aromatic heterocycles. The van der Waals surface area contributed by atoms with Crippen molar-refractivity contribution >= 4 is 6.09 Å². The van der Waals surface area contributed by atoms with E-state index in [9.17, 15) is 14.3 Å².